The zero-order valence-corrected chi connectivity index (χ0v) is 15.8. The molecule has 1 aromatic rings. The van der Waals surface area contributed by atoms with E-state index >= 15 is 0 Å². The molecule has 1 amide bonds. The molecule has 2 atom stereocenters. The number of carbonyl (C=O) groups excluding carboxylic acids is 1. The van der Waals surface area contributed by atoms with E-state index in [1.807, 2.05) is 0 Å². The first-order valence-electron chi connectivity index (χ1n) is 7.66. The van der Waals surface area contributed by atoms with Crippen LogP contribution in [0.4, 0.5) is 18.9 Å². The van der Waals surface area contributed by atoms with Crippen molar-refractivity contribution in [3.63, 3.8) is 0 Å². The molecule has 2 unspecified atom stereocenters. The third-order valence-corrected chi connectivity index (χ3v) is 7.66. The quantitative estimate of drug-likeness (QED) is 0.725. The Kier molecular flexibility index (Phi) is 5.04. The number of sulfone groups is 1. The van der Waals surface area contributed by atoms with Crippen molar-refractivity contribution < 1.29 is 26.4 Å². The number of fused-ring (bicyclic) bond motifs is 1. The molecule has 0 aromatic heterocycles. The van der Waals surface area contributed by atoms with Gasteiger partial charge in [-0.15, -0.1) is 0 Å². The molecule has 2 aliphatic heterocycles. The van der Waals surface area contributed by atoms with Gasteiger partial charge in [0.1, 0.15) is 0 Å². The smallest absolute Gasteiger partial charge is 0.316 e. The molecule has 2 saturated heterocycles. The van der Waals surface area contributed by atoms with Gasteiger partial charge in [-0.3, -0.25) is 4.79 Å². The van der Waals surface area contributed by atoms with Gasteiger partial charge in [0.15, 0.2) is 15.0 Å². The maximum absolute atomic E-state index is 13.2. The summed E-state index contributed by atoms with van der Waals surface area (Å²) >= 11 is 6.77. The van der Waals surface area contributed by atoms with Gasteiger partial charge in [0.25, 0.3) is 0 Å². The van der Waals surface area contributed by atoms with Gasteiger partial charge in [-0.2, -0.15) is 18.2 Å². The van der Waals surface area contributed by atoms with E-state index in [0.717, 1.165) is 23.9 Å². The van der Waals surface area contributed by atoms with Gasteiger partial charge in [0, 0.05) is 17.4 Å². The number of hydrogen-bond donors (Lipinski definition) is 0. The van der Waals surface area contributed by atoms with Crippen LogP contribution in [-0.2, 0) is 20.8 Å². The van der Waals surface area contributed by atoms with Crippen molar-refractivity contribution in [1.82, 2.24) is 0 Å². The van der Waals surface area contributed by atoms with Gasteiger partial charge >= 0.3 is 6.18 Å². The summed E-state index contributed by atoms with van der Waals surface area (Å²) in [4.78, 5) is 17.1. The summed E-state index contributed by atoms with van der Waals surface area (Å²) in [6, 6.07) is 2.77. The van der Waals surface area contributed by atoms with Gasteiger partial charge in [-0.05, 0) is 18.2 Å². The van der Waals surface area contributed by atoms with E-state index in [1.165, 1.54) is 11.0 Å². The van der Waals surface area contributed by atoms with E-state index in [2.05, 4.69) is 4.99 Å². The number of aliphatic imine (C=N–C) groups is 1. The zero-order chi connectivity index (χ0) is 19.3. The predicted molar refractivity (Wildman–Crippen MR) is 95.5 cm³/mol. The van der Waals surface area contributed by atoms with Crippen molar-refractivity contribution >= 4 is 50.0 Å². The molecule has 0 N–H and O–H groups in total. The summed E-state index contributed by atoms with van der Waals surface area (Å²) in [5.41, 5.74) is -0.909. The fourth-order valence-corrected chi connectivity index (χ4v) is 7.09. The number of nitrogens with zero attached hydrogens (tertiary/aromatic N) is 2. The molecule has 0 radical (unpaired) electrons. The van der Waals surface area contributed by atoms with E-state index in [1.54, 1.807) is 6.92 Å². The third-order valence-electron chi connectivity index (χ3n) is 4.12. The van der Waals surface area contributed by atoms with Crippen molar-refractivity contribution in [2.45, 2.75) is 30.8 Å². The SMILES string of the molecule is CCC(=O)N=C1SC2CS(=O)(=O)CC2N1c1ccc(Cl)c(C(F)(F)F)c1. The second-order valence-electron chi connectivity index (χ2n) is 5.97. The first-order chi connectivity index (χ1) is 12.0. The summed E-state index contributed by atoms with van der Waals surface area (Å²) in [5, 5.41) is -0.613. The Morgan fingerprint density at radius 1 is 1.38 bits per heavy atom. The highest BCUT2D eigenvalue weighted by molar-refractivity contribution is 8.16. The first kappa shape index (κ1) is 19.5. The van der Waals surface area contributed by atoms with E-state index < -0.39 is 38.5 Å². The van der Waals surface area contributed by atoms with Crippen LogP contribution in [0, 0.1) is 0 Å². The third kappa shape index (κ3) is 3.72. The summed E-state index contributed by atoms with van der Waals surface area (Å²) in [7, 11) is -3.30. The van der Waals surface area contributed by atoms with E-state index in [0.29, 0.717) is 0 Å². The number of halogens is 4. The van der Waals surface area contributed by atoms with E-state index in [4.69, 9.17) is 11.6 Å². The minimum atomic E-state index is -4.66. The van der Waals surface area contributed by atoms with Crippen LogP contribution in [0.15, 0.2) is 23.2 Å². The standard InChI is InChI=1S/C15H14ClF3N2O3S2/c1-2-13(22)20-14-21(11-6-26(23,24)7-12(11)25-14)8-3-4-10(16)9(5-8)15(17,18)19/h3-5,11-12H,2,6-7H2,1H3. The lowest BCUT2D eigenvalue weighted by Crippen LogP contribution is -2.37. The molecule has 11 heteroatoms. The highest BCUT2D eigenvalue weighted by Gasteiger charge is 2.49. The number of carbonyl (C=O) groups is 1. The highest BCUT2D eigenvalue weighted by Crippen LogP contribution is 2.43. The van der Waals surface area contributed by atoms with Crippen LogP contribution in [0.5, 0.6) is 0 Å². The number of amides is 1. The Hall–Kier alpha value is -1.26. The molecule has 26 heavy (non-hydrogen) atoms. The Morgan fingerprint density at radius 2 is 2.08 bits per heavy atom. The Balaban J connectivity index is 2.09. The number of amidine groups is 1. The average Bonchev–Trinajstić information content (AvgIpc) is 2.97. The molecule has 3 rings (SSSR count). The Labute approximate surface area is 157 Å². The Bertz CT molecular complexity index is 887. The van der Waals surface area contributed by atoms with Crippen molar-refractivity contribution in [2.75, 3.05) is 16.4 Å². The molecule has 0 saturated carbocycles. The van der Waals surface area contributed by atoms with Gasteiger partial charge in [-0.25, -0.2) is 8.42 Å². The topological polar surface area (TPSA) is 66.8 Å². The Morgan fingerprint density at radius 3 is 2.69 bits per heavy atom. The summed E-state index contributed by atoms with van der Waals surface area (Å²) in [5.74, 6) is -0.725. The first-order valence-corrected chi connectivity index (χ1v) is 10.7. The maximum Gasteiger partial charge on any atom is 0.417 e. The lowest BCUT2D eigenvalue weighted by molar-refractivity contribution is -0.137. The number of alkyl halides is 3. The summed E-state index contributed by atoms with van der Waals surface area (Å²) in [6.45, 7) is 1.62. The molecule has 2 fully saturated rings. The molecule has 2 heterocycles. The monoisotopic (exact) mass is 426 g/mol. The highest BCUT2D eigenvalue weighted by atomic mass is 35.5. The van der Waals surface area contributed by atoms with E-state index in [9.17, 15) is 26.4 Å². The number of rotatable bonds is 2. The van der Waals surface area contributed by atoms with Crippen LogP contribution in [0.2, 0.25) is 5.02 Å². The second kappa shape index (κ2) is 6.72. The molecule has 2 aliphatic rings. The second-order valence-corrected chi connectivity index (χ2v) is 9.74. The van der Waals surface area contributed by atoms with Crippen LogP contribution in [0.1, 0.15) is 18.9 Å². The molecule has 0 aliphatic carbocycles. The summed E-state index contributed by atoms with van der Waals surface area (Å²) < 4.78 is 63.4. The van der Waals surface area contributed by atoms with E-state index in [-0.39, 0.29) is 34.0 Å². The predicted octanol–water partition coefficient (Wildman–Crippen LogP) is 3.37. The van der Waals surface area contributed by atoms with Crippen LogP contribution < -0.4 is 4.90 Å². The van der Waals surface area contributed by atoms with Crippen molar-refractivity contribution in [3.8, 4) is 0 Å². The van der Waals surface area contributed by atoms with Crippen LogP contribution >= 0.6 is 23.4 Å². The molecule has 142 valence electrons. The van der Waals surface area contributed by atoms with Crippen molar-refractivity contribution in [1.29, 1.82) is 0 Å². The van der Waals surface area contributed by atoms with Crippen LogP contribution in [0.25, 0.3) is 0 Å². The summed E-state index contributed by atoms with van der Waals surface area (Å²) in [6.07, 6.45) is -4.52. The molecule has 1 aromatic carbocycles. The fraction of sp³-hybridized carbons (Fsp3) is 0.467. The maximum atomic E-state index is 13.2. The minimum Gasteiger partial charge on any atom is -0.316 e. The van der Waals surface area contributed by atoms with Gasteiger partial charge in [0.05, 0.1) is 28.1 Å². The van der Waals surface area contributed by atoms with Gasteiger partial charge in [-0.1, -0.05) is 30.3 Å². The normalized spacial score (nSPS) is 26.3. The molecular weight excluding hydrogens is 413 g/mol. The number of hydrogen-bond acceptors (Lipinski definition) is 4. The number of benzene rings is 1. The molecular formula is C15H14ClF3N2O3S2. The largest absolute Gasteiger partial charge is 0.417 e. The van der Waals surface area contributed by atoms with Crippen molar-refractivity contribution in [2.24, 2.45) is 4.99 Å². The zero-order valence-electron chi connectivity index (χ0n) is 13.5. The fourth-order valence-electron chi connectivity index (χ4n) is 2.93. The van der Waals surface area contributed by atoms with Gasteiger partial charge < -0.3 is 4.90 Å². The number of thioether (sulfide) groups is 1. The van der Waals surface area contributed by atoms with Crippen LogP contribution in [0.3, 0.4) is 0 Å². The molecule has 0 spiro atoms. The van der Waals surface area contributed by atoms with Crippen molar-refractivity contribution in [3.05, 3.63) is 28.8 Å². The lowest BCUT2D eigenvalue weighted by Gasteiger charge is -2.25. The van der Waals surface area contributed by atoms with Crippen LogP contribution in [-0.4, -0.2) is 42.3 Å². The minimum absolute atomic E-state index is 0.0993. The van der Waals surface area contributed by atoms with Gasteiger partial charge in [0.2, 0.25) is 5.91 Å². The molecule has 5 nitrogen and oxygen atoms in total. The molecule has 0 bridgehead atoms. The average molecular weight is 427 g/mol. The lowest BCUT2D eigenvalue weighted by atomic mass is 10.1. The number of anilines is 1.